The number of nitrogens with one attached hydrogen (secondary N) is 1. The van der Waals surface area contributed by atoms with E-state index in [2.05, 4.69) is 26.2 Å². The normalized spacial score (nSPS) is 14.0. The van der Waals surface area contributed by atoms with Gasteiger partial charge in [-0.3, -0.25) is 14.6 Å². The van der Waals surface area contributed by atoms with Crippen LogP contribution in [0.1, 0.15) is 20.9 Å². The zero-order chi connectivity index (χ0) is 14.8. The highest BCUT2D eigenvalue weighted by molar-refractivity contribution is 9.09. The Bertz CT molecular complexity index is 707. The van der Waals surface area contributed by atoms with E-state index in [9.17, 15) is 9.59 Å². The number of fused-ring (bicyclic) bond motifs is 1. The van der Waals surface area contributed by atoms with Crippen molar-refractivity contribution in [3.63, 3.8) is 0 Å². The van der Waals surface area contributed by atoms with Gasteiger partial charge in [-0.15, -0.1) is 17.0 Å². The number of Topliss-reactive ketones (excluding diaryl/α,β-unsaturated/α-hetero) is 1. The molecule has 1 aromatic heterocycles. The Labute approximate surface area is 146 Å². The number of ether oxygens (including phenoxy) is 1. The van der Waals surface area contributed by atoms with Crippen molar-refractivity contribution >= 4 is 50.3 Å². The van der Waals surface area contributed by atoms with Crippen LogP contribution >= 0.6 is 32.9 Å². The van der Waals surface area contributed by atoms with E-state index in [1.54, 1.807) is 36.5 Å². The molecule has 1 aliphatic heterocycles. The number of carbonyl (C=O) groups excluding carboxylic acids is 2. The van der Waals surface area contributed by atoms with Crippen LogP contribution in [0, 0.1) is 0 Å². The van der Waals surface area contributed by atoms with Crippen molar-refractivity contribution in [1.82, 2.24) is 4.98 Å². The van der Waals surface area contributed by atoms with Gasteiger partial charge >= 0.3 is 0 Å². The number of benzene rings is 1. The molecule has 1 amide bonds. The lowest BCUT2D eigenvalue weighted by Crippen LogP contribution is -2.25. The Morgan fingerprint density at radius 2 is 2.14 bits per heavy atom. The minimum absolute atomic E-state index is 0. The van der Waals surface area contributed by atoms with Crippen molar-refractivity contribution in [2.75, 3.05) is 11.9 Å². The Kier molecular flexibility index (Phi) is 5.31. The molecule has 1 N–H and O–H groups in total. The summed E-state index contributed by atoms with van der Waals surface area (Å²) in [7, 11) is 0. The molecule has 0 fully saturated rings. The summed E-state index contributed by atoms with van der Waals surface area (Å²) in [5.74, 6) is 0.207. The van der Waals surface area contributed by atoms with E-state index in [0.29, 0.717) is 22.7 Å². The molecule has 7 heteroatoms. The molecule has 114 valence electrons. The van der Waals surface area contributed by atoms with Crippen LogP contribution in [0.15, 0.2) is 42.6 Å². The minimum Gasteiger partial charge on any atom is -0.482 e. The molecule has 0 bridgehead atoms. The topological polar surface area (TPSA) is 68.3 Å². The molecule has 0 saturated carbocycles. The molecular formula is C15H12Br2N2O3. The number of rotatable bonds is 3. The van der Waals surface area contributed by atoms with Crippen LogP contribution in [0.5, 0.6) is 5.75 Å². The second-order valence-electron chi connectivity index (χ2n) is 4.53. The molecular weight excluding hydrogens is 416 g/mol. The lowest BCUT2D eigenvalue weighted by atomic mass is 10.0. The van der Waals surface area contributed by atoms with Crippen LogP contribution in [0.25, 0.3) is 0 Å². The maximum Gasteiger partial charge on any atom is 0.262 e. The van der Waals surface area contributed by atoms with E-state index in [1.165, 1.54) is 0 Å². The zero-order valence-electron chi connectivity index (χ0n) is 11.3. The summed E-state index contributed by atoms with van der Waals surface area (Å²) in [5, 5.41) is 2.69. The number of hydrogen-bond acceptors (Lipinski definition) is 4. The lowest BCUT2D eigenvalue weighted by Gasteiger charge is -2.18. The SMILES string of the molecule is Br.O=C1COc2ccc(C(=O)C(Br)c3ccccn3)cc2N1. The van der Waals surface area contributed by atoms with Crippen LogP contribution in [-0.2, 0) is 4.79 Å². The van der Waals surface area contributed by atoms with Crippen LogP contribution in [-0.4, -0.2) is 23.3 Å². The number of ketones is 1. The van der Waals surface area contributed by atoms with Gasteiger partial charge in [0.15, 0.2) is 12.4 Å². The molecule has 3 rings (SSSR count). The summed E-state index contributed by atoms with van der Waals surface area (Å²) >= 11 is 3.37. The van der Waals surface area contributed by atoms with Crippen molar-refractivity contribution < 1.29 is 14.3 Å². The zero-order valence-corrected chi connectivity index (χ0v) is 14.6. The maximum absolute atomic E-state index is 12.5. The van der Waals surface area contributed by atoms with Gasteiger partial charge in [0.1, 0.15) is 10.6 Å². The van der Waals surface area contributed by atoms with Gasteiger partial charge in [0.2, 0.25) is 0 Å². The fraction of sp³-hybridized carbons (Fsp3) is 0.133. The fourth-order valence-electron chi connectivity index (χ4n) is 2.04. The van der Waals surface area contributed by atoms with E-state index in [-0.39, 0.29) is 35.3 Å². The number of carbonyl (C=O) groups is 2. The molecule has 1 aliphatic rings. The first-order valence-corrected chi connectivity index (χ1v) is 7.22. The highest BCUT2D eigenvalue weighted by Crippen LogP contribution is 2.32. The second kappa shape index (κ2) is 7.02. The molecule has 0 saturated heterocycles. The predicted molar refractivity (Wildman–Crippen MR) is 91.1 cm³/mol. The van der Waals surface area contributed by atoms with Crippen molar-refractivity contribution in [1.29, 1.82) is 0 Å². The van der Waals surface area contributed by atoms with Gasteiger partial charge in [-0.25, -0.2) is 0 Å². The van der Waals surface area contributed by atoms with Crippen molar-refractivity contribution in [3.8, 4) is 5.75 Å². The Balaban J connectivity index is 0.00000176. The molecule has 0 spiro atoms. The standard InChI is InChI=1S/C15H11BrN2O3.BrH/c16-14(10-3-1-2-6-17-10)15(20)9-4-5-12-11(7-9)18-13(19)8-21-12;/h1-7,14H,8H2,(H,18,19);1H. The molecule has 1 aromatic carbocycles. The minimum atomic E-state index is -0.531. The quantitative estimate of drug-likeness (QED) is 0.602. The van der Waals surface area contributed by atoms with E-state index in [0.717, 1.165) is 0 Å². The molecule has 0 aliphatic carbocycles. The Morgan fingerprint density at radius 1 is 1.32 bits per heavy atom. The lowest BCUT2D eigenvalue weighted by molar-refractivity contribution is -0.118. The second-order valence-corrected chi connectivity index (χ2v) is 5.44. The number of halogens is 2. The summed E-state index contributed by atoms with van der Waals surface area (Å²) < 4.78 is 5.27. The van der Waals surface area contributed by atoms with Gasteiger partial charge in [-0.1, -0.05) is 22.0 Å². The summed E-state index contributed by atoms with van der Waals surface area (Å²) in [6.45, 7) is -0.00466. The largest absolute Gasteiger partial charge is 0.482 e. The number of alkyl halides is 1. The smallest absolute Gasteiger partial charge is 0.262 e. The third kappa shape index (κ3) is 3.36. The highest BCUT2D eigenvalue weighted by atomic mass is 79.9. The van der Waals surface area contributed by atoms with Gasteiger partial charge in [0.25, 0.3) is 5.91 Å². The fourth-order valence-corrected chi connectivity index (χ4v) is 2.58. The molecule has 2 heterocycles. The number of aromatic nitrogens is 1. The molecule has 5 nitrogen and oxygen atoms in total. The predicted octanol–water partition coefficient (Wildman–Crippen LogP) is 3.31. The first kappa shape index (κ1) is 16.6. The van der Waals surface area contributed by atoms with Crippen LogP contribution in [0.4, 0.5) is 5.69 Å². The number of pyridine rings is 1. The third-order valence-corrected chi connectivity index (χ3v) is 3.96. The van der Waals surface area contributed by atoms with E-state index in [1.807, 2.05) is 6.07 Å². The molecule has 1 atom stereocenters. The van der Waals surface area contributed by atoms with Gasteiger partial charge in [0.05, 0.1) is 11.4 Å². The van der Waals surface area contributed by atoms with Gasteiger partial charge < -0.3 is 10.1 Å². The Hall–Kier alpha value is -1.73. The summed E-state index contributed by atoms with van der Waals surface area (Å²) in [6, 6.07) is 10.4. The van der Waals surface area contributed by atoms with Crippen molar-refractivity contribution in [2.24, 2.45) is 0 Å². The monoisotopic (exact) mass is 426 g/mol. The van der Waals surface area contributed by atoms with Crippen LogP contribution in [0.3, 0.4) is 0 Å². The Morgan fingerprint density at radius 3 is 2.86 bits per heavy atom. The van der Waals surface area contributed by atoms with Gasteiger partial charge in [-0.05, 0) is 30.3 Å². The van der Waals surface area contributed by atoms with E-state index < -0.39 is 4.83 Å². The van der Waals surface area contributed by atoms with Crippen LogP contribution < -0.4 is 10.1 Å². The van der Waals surface area contributed by atoms with Gasteiger partial charge in [0, 0.05) is 11.8 Å². The van der Waals surface area contributed by atoms with Crippen LogP contribution in [0.2, 0.25) is 0 Å². The first-order chi connectivity index (χ1) is 10.1. The molecule has 0 radical (unpaired) electrons. The maximum atomic E-state index is 12.5. The average Bonchev–Trinajstić information content (AvgIpc) is 2.53. The third-order valence-electron chi connectivity index (χ3n) is 3.07. The molecule has 2 aromatic rings. The van der Waals surface area contributed by atoms with Crippen molar-refractivity contribution in [3.05, 3.63) is 53.9 Å². The number of anilines is 1. The number of hydrogen-bond donors (Lipinski definition) is 1. The molecule has 1 unspecified atom stereocenters. The van der Waals surface area contributed by atoms with E-state index >= 15 is 0 Å². The summed E-state index contributed by atoms with van der Waals surface area (Å²) in [5.41, 5.74) is 1.63. The average molecular weight is 428 g/mol. The molecule has 22 heavy (non-hydrogen) atoms. The summed E-state index contributed by atoms with van der Waals surface area (Å²) in [4.78, 5) is 27.4. The van der Waals surface area contributed by atoms with E-state index in [4.69, 9.17) is 4.74 Å². The number of amides is 1. The summed E-state index contributed by atoms with van der Waals surface area (Å²) in [6.07, 6.45) is 1.64. The number of nitrogens with zero attached hydrogens (tertiary/aromatic N) is 1. The highest BCUT2D eigenvalue weighted by Gasteiger charge is 2.23. The van der Waals surface area contributed by atoms with Crippen molar-refractivity contribution in [2.45, 2.75) is 4.83 Å². The first-order valence-electron chi connectivity index (χ1n) is 6.31. The van der Waals surface area contributed by atoms with Gasteiger partial charge in [-0.2, -0.15) is 0 Å².